The van der Waals surface area contributed by atoms with Crippen molar-refractivity contribution in [3.8, 4) is 23.2 Å². The molecule has 0 aliphatic carbocycles. The lowest BCUT2D eigenvalue weighted by molar-refractivity contribution is -0.143. The van der Waals surface area contributed by atoms with Gasteiger partial charge in [-0.05, 0) is 39.0 Å². The zero-order valence-corrected chi connectivity index (χ0v) is 20.2. The van der Waals surface area contributed by atoms with E-state index in [4.69, 9.17) is 4.74 Å². The minimum Gasteiger partial charge on any atom is -0.486 e. The lowest BCUT2D eigenvalue weighted by Crippen LogP contribution is -2.51. The SMILES string of the molecule is CCn1cc(Nc2ncnc(-c3ccc(O[C@H]4CCN(C(=O)[C@H](C)O)C[C@H]4F)c(C#N)c3)n2)c(C)n1. The number of aromatic nitrogens is 5. The number of halogens is 1. The Bertz CT molecular complexity index is 1290. The van der Waals surface area contributed by atoms with Crippen LogP contribution in [0.4, 0.5) is 16.0 Å². The first kappa shape index (κ1) is 25.0. The van der Waals surface area contributed by atoms with Gasteiger partial charge in [-0.15, -0.1) is 0 Å². The second-order valence-electron chi connectivity index (χ2n) is 8.49. The maximum absolute atomic E-state index is 14.7. The highest BCUT2D eigenvalue weighted by molar-refractivity contribution is 5.80. The van der Waals surface area contributed by atoms with Crippen LogP contribution in [-0.4, -0.2) is 72.1 Å². The van der Waals surface area contributed by atoms with Gasteiger partial charge in [0.15, 0.2) is 12.0 Å². The van der Waals surface area contributed by atoms with Gasteiger partial charge in [-0.3, -0.25) is 9.48 Å². The van der Waals surface area contributed by atoms with Crippen molar-refractivity contribution < 1.29 is 19.0 Å². The van der Waals surface area contributed by atoms with Gasteiger partial charge >= 0.3 is 0 Å². The van der Waals surface area contributed by atoms with Gasteiger partial charge in [-0.25, -0.2) is 14.4 Å². The minimum absolute atomic E-state index is 0.175. The predicted octanol–water partition coefficient (Wildman–Crippen LogP) is 2.38. The van der Waals surface area contributed by atoms with Crippen LogP contribution in [0.3, 0.4) is 0 Å². The number of hydrogen-bond acceptors (Lipinski definition) is 9. The molecule has 3 heterocycles. The van der Waals surface area contributed by atoms with Gasteiger partial charge in [0.2, 0.25) is 5.95 Å². The summed E-state index contributed by atoms with van der Waals surface area (Å²) in [7, 11) is 0. The molecule has 3 aromatic rings. The zero-order chi connectivity index (χ0) is 25.8. The molecule has 1 aliphatic rings. The summed E-state index contributed by atoms with van der Waals surface area (Å²) < 4.78 is 22.4. The Labute approximate surface area is 207 Å². The van der Waals surface area contributed by atoms with Crippen LogP contribution in [0.15, 0.2) is 30.7 Å². The van der Waals surface area contributed by atoms with E-state index in [0.717, 1.165) is 17.9 Å². The number of aryl methyl sites for hydroxylation is 2. The number of amides is 1. The molecule has 2 N–H and O–H groups in total. The summed E-state index contributed by atoms with van der Waals surface area (Å²) in [6.07, 6.45) is 0.0180. The predicted molar refractivity (Wildman–Crippen MR) is 128 cm³/mol. The third-order valence-corrected chi connectivity index (χ3v) is 5.88. The van der Waals surface area contributed by atoms with Crippen molar-refractivity contribution in [2.75, 3.05) is 18.4 Å². The van der Waals surface area contributed by atoms with E-state index in [0.29, 0.717) is 17.3 Å². The molecule has 1 aliphatic heterocycles. The number of anilines is 2. The summed E-state index contributed by atoms with van der Waals surface area (Å²) in [5.74, 6) is 0.402. The van der Waals surface area contributed by atoms with Crippen LogP contribution in [-0.2, 0) is 11.3 Å². The number of carbonyl (C=O) groups is 1. The van der Waals surface area contributed by atoms with E-state index >= 15 is 0 Å². The molecule has 1 saturated heterocycles. The molecule has 1 amide bonds. The molecule has 36 heavy (non-hydrogen) atoms. The number of rotatable bonds is 7. The first-order valence-electron chi connectivity index (χ1n) is 11.6. The number of ether oxygens (including phenoxy) is 1. The number of alkyl halides is 1. The number of aliphatic hydroxyl groups excluding tert-OH is 1. The number of hydrogen-bond donors (Lipinski definition) is 2. The molecule has 2 aromatic heterocycles. The molecule has 12 heteroatoms. The number of likely N-dealkylation sites (tertiary alicyclic amines) is 1. The van der Waals surface area contributed by atoms with Crippen LogP contribution >= 0.6 is 0 Å². The van der Waals surface area contributed by atoms with Crippen molar-refractivity contribution in [2.24, 2.45) is 0 Å². The van der Waals surface area contributed by atoms with Crippen molar-refractivity contribution >= 4 is 17.5 Å². The van der Waals surface area contributed by atoms with Crippen LogP contribution in [0.1, 0.15) is 31.5 Å². The van der Waals surface area contributed by atoms with E-state index in [-0.39, 0.29) is 30.8 Å². The van der Waals surface area contributed by atoms with Crippen LogP contribution in [0.25, 0.3) is 11.4 Å². The fourth-order valence-electron chi connectivity index (χ4n) is 3.92. The molecule has 3 atom stereocenters. The third-order valence-electron chi connectivity index (χ3n) is 5.88. The van der Waals surface area contributed by atoms with E-state index in [1.54, 1.807) is 22.9 Å². The van der Waals surface area contributed by atoms with Crippen molar-refractivity contribution in [1.29, 1.82) is 5.26 Å². The van der Waals surface area contributed by atoms with Crippen LogP contribution in [0, 0.1) is 18.3 Å². The molecule has 0 bridgehead atoms. The molecular formula is C24H27FN8O3. The topological polar surface area (TPSA) is 142 Å². The molecule has 0 unspecified atom stereocenters. The average Bonchev–Trinajstić information content (AvgIpc) is 3.24. The lowest BCUT2D eigenvalue weighted by Gasteiger charge is -2.35. The molecule has 0 spiro atoms. The lowest BCUT2D eigenvalue weighted by atomic mass is 10.0. The zero-order valence-electron chi connectivity index (χ0n) is 20.2. The second kappa shape index (κ2) is 10.7. The Morgan fingerprint density at radius 2 is 2.22 bits per heavy atom. The Kier molecular flexibility index (Phi) is 7.40. The normalized spacial score (nSPS) is 18.4. The number of nitrogens with one attached hydrogen (secondary N) is 1. The van der Waals surface area contributed by atoms with Crippen molar-refractivity contribution in [3.63, 3.8) is 0 Å². The van der Waals surface area contributed by atoms with E-state index in [2.05, 4.69) is 31.4 Å². The fourth-order valence-corrected chi connectivity index (χ4v) is 3.92. The third kappa shape index (κ3) is 5.41. The quantitative estimate of drug-likeness (QED) is 0.506. The molecular weight excluding hydrogens is 467 g/mol. The number of piperidine rings is 1. The van der Waals surface area contributed by atoms with Crippen molar-refractivity contribution in [3.05, 3.63) is 42.0 Å². The smallest absolute Gasteiger partial charge is 0.251 e. The van der Waals surface area contributed by atoms with E-state index < -0.39 is 24.3 Å². The largest absolute Gasteiger partial charge is 0.486 e. The summed E-state index contributed by atoms with van der Waals surface area (Å²) in [4.78, 5) is 26.1. The Balaban J connectivity index is 1.49. The summed E-state index contributed by atoms with van der Waals surface area (Å²) in [6.45, 7) is 6.04. The van der Waals surface area contributed by atoms with Gasteiger partial charge in [0.05, 0.1) is 23.5 Å². The first-order valence-corrected chi connectivity index (χ1v) is 11.6. The number of nitrogens with zero attached hydrogens (tertiary/aromatic N) is 7. The van der Waals surface area contributed by atoms with Crippen molar-refractivity contribution in [1.82, 2.24) is 29.6 Å². The van der Waals surface area contributed by atoms with E-state index in [1.807, 2.05) is 20.0 Å². The van der Waals surface area contributed by atoms with E-state index in [9.17, 15) is 19.6 Å². The Morgan fingerprint density at radius 1 is 1.42 bits per heavy atom. The number of aliphatic hydroxyl groups is 1. The summed E-state index contributed by atoms with van der Waals surface area (Å²) >= 11 is 0. The maximum atomic E-state index is 14.7. The molecule has 0 radical (unpaired) electrons. The molecule has 4 rings (SSSR count). The maximum Gasteiger partial charge on any atom is 0.251 e. The standard InChI is InChI=1S/C24H27FN8O3/c1-4-33-12-19(14(2)31-33)29-24-28-13-27-22(30-24)16-5-6-20(17(9-16)10-26)36-21-7-8-32(11-18(21)25)23(35)15(3)34/h5-6,9,12-13,15,18,21,34H,4,7-8,11H2,1-3H3,(H,27,28,29,30)/t15-,18+,21-/m0/s1. The first-order chi connectivity index (χ1) is 17.3. The Hall–Kier alpha value is -4.11. The molecule has 1 aromatic carbocycles. The van der Waals surface area contributed by atoms with Crippen LogP contribution in [0.5, 0.6) is 5.75 Å². The van der Waals surface area contributed by atoms with Gasteiger partial charge in [-0.1, -0.05) is 0 Å². The van der Waals surface area contributed by atoms with Gasteiger partial charge in [0.25, 0.3) is 5.91 Å². The Morgan fingerprint density at radius 3 is 2.89 bits per heavy atom. The van der Waals surface area contributed by atoms with Gasteiger partial charge in [-0.2, -0.15) is 15.3 Å². The molecule has 1 fully saturated rings. The second-order valence-corrected chi connectivity index (χ2v) is 8.49. The van der Waals surface area contributed by atoms with Gasteiger partial charge in [0, 0.05) is 31.3 Å². The summed E-state index contributed by atoms with van der Waals surface area (Å²) in [6, 6.07) is 6.93. The highest BCUT2D eigenvalue weighted by Crippen LogP contribution is 2.28. The van der Waals surface area contributed by atoms with Gasteiger partial charge < -0.3 is 20.1 Å². The minimum atomic E-state index is -1.45. The van der Waals surface area contributed by atoms with Crippen LogP contribution in [0.2, 0.25) is 0 Å². The monoisotopic (exact) mass is 494 g/mol. The number of carbonyl (C=O) groups excluding carboxylic acids is 1. The number of nitriles is 1. The van der Waals surface area contributed by atoms with Crippen LogP contribution < -0.4 is 10.1 Å². The number of benzene rings is 1. The highest BCUT2D eigenvalue weighted by atomic mass is 19.1. The molecule has 0 saturated carbocycles. The average molecular weight is 495 g/mol. The van der Waals surface area contributed by atoms with Crippen molar-refractivity contribution in [2.45, 2.75) is 52.1 Å². The highest BCUT2D eigenvalue weighted by Gasteiger charge is 2.34. The molecule has 188 valence electrons. The van der Waals surface area contributed by atoms with Gasteiger partial charge in [0.1, 0.15) is 30.4 Å². The summed E-state index contributed by atoms with van der Waals surface area (Å²) in [5.41, 5.74) is 2.35. The molecule has 11 nitrogen and oxygen atoms in total. The fraction of sp³-hybridized carbons (Fsp3) is 0.417. The van der Waals surface area contributed by atoms with E-state index in [1.165, 1.54) is 18.2 Å². The summed E-state index contributed by atoms with van der Waals surface area (Å²) in [5, 5.41) is 26.7.